The Bertz CT molecular complexity index is 3740. The molecule has 0 radical (unpaired) electrons. The number of fused-ring (bicyclic) bond motifs is 1. The Morgan fingerprint density at radius 3 is 1.79 bits per heavy atom. The molecule has 0 atom stereocenters. The number of nitriles is 1. The minimum absolute atomic E-state index is 0. The summed E-state index contributed by atoms with van der Waals surface area (Å²) in [5.74, 6) is -0.533. The summed E-state index contributed by atoms with van der Waals surface area (Å²) in [6.45, 7) is 18.9. The van der Waals surface area contributed by atoms with Gasteiger partial charge in [0.15, 0.2) is 11.6 Å². The van der Waals surface area contributed by atoms with Gasteiger partial charge in [-0.1, -0.05) is 67.5 Å². The normalized spacial score (nSPS) is 12.0. The molecule has 364 valence electrons. The topological polar surface area (TPSA) is 320 Å². The van der Waals surface area contributed by atoms with Gasteiger partial charge in [-0.15, -0.1) is 10.2 Å². The van der Waals surface area contributed by atoms with Crippen LogP contribution >= 0.6 is 11.3 Å². The fourth-order valence-corrected chi connectivity index (χ4v) is 11.3. The number of pyridine rings is 1. The molecule has 3 aromatic heterocycles. The van der Waals surface area contributed by atoms with Crippen molar-refractivity contribution in [1.29, 1.82) is 5.26 Å². The molecule has 0 aliphatic heterocycles. The molecule has 0 bridgehead atoms. The van der Waals surface area contributed by atoms with E-state index < -0.39 is 62.0 Å². The van der Waals surface area contributed by atoms with Crippen LogP contribution < -0.4 is 124 Å². The third-order valence-corrected chi connectivity index (χ3v) is 15.1. The van der Waals surface area contributed by atoms with Gasteiger partial charge in [-0.2, -0.15) is 15.0 Å². The first-order valence-electron chi connectivity index (χ1n) is 21.0. The van der Waals surface area contributed by atoms with Gasteiger partial charge in [0, 0.05) is 16.8 Å². The second-order valence-electron chi connectivity index (χ2n) is 17.6. The molecule has 0 saturated heterocycles. The van der Waals surface area contributed by atoms with Gasteiger partial charge in [-0.25, -0.2) is 35.2 Å². The molecule has 7 rings (SSSR count). The third kappa shape index (κ3) is 12.4. The number of primary amides is 1. The second-order valence-corrected chi connectivity index (χ2v) is 23.1. The Morgan fingerprint density at radius 1 is 0.750 bits per heavy atom. The molecule has 3 heterocycles. The monoisotopic (exact) mass is 1100 g/mol. The van der Waals surface area contributed by atoms with E-state index in [1.807, 2.05) is 91.3 Å². The molecule has 72 heavy (non-hydrogen) atoms. The summed E-state index contributed by atoms with van der Waals surface area (Å²) < 4.78 is 102. The van der Waals surface area contributed by atoms with Crippen molar-refractivity contribution in [2.45, 2.75) is 89.3 Å². The number of benzene rings is 4. The molecule has 0 aliphatic carbocycles. The first-order chi connectivity index (χ1) is 32.5. The molecule has 20 nitrogen and oxygen atoms in total. The average molecular weight is 1100 g/mol. The molecule has 0 aliphatic rings. The number of sulfonamides is 1. The zero-order valence-corrected chi connectivity index (χ0v) is 50.8. The number of nitrogens with two attached hydrogens (primary N) is 1. The maximum atomic E-state index is 13.7. The van der Waals surface area contributed by atoms with Crippen molar-refractivity contribution in [3.63, 3.8) is 0 Å². The fourth-order valence-electron chi connectivity index (χ4n) is 7.96. The summed E-state index contributed by atoms with van der Waals surface area (Å²) >= 11 is 0.929. The van der Waals surface area contributed by atoms with Crippen LogP contribution in [0.25, 0.3) is 15.3 Å². The summed E-state index contributed by atoms with van der Waals surface area (Å²) in [4.78, 5) is 20.4. The van der Waals surface area contributed by atoms with Gasteiger partial charge in [0.2, 0.25) is 5.13 Å². The van der Waals surface area contributed by atoms with Crippen molar-refractivity contribution in [2.24, 2.45) is 16.0 Å². The number of thiazole rings is 1. The summed E-state index contributed by atoms with van der Waals surface area (Å²) in [7, 11) is -15.3. The van der Waals surface area contributed by atoms with E-state index in [0.717, 1.165) is 62.2 Å². The first-order valence-corrected chi connectivity index (χ1v) is 26.1. The number of carbonyl (C=O) groups is 1. The zero-order valence-electron chi connectivity index (χ0n) is 41.3. The van der Waals surface area contributed by atoms with Gasteiger partial charge in [0.25, 0.3) is 15.9 Å². The number of hydrogen-bond donors (Lipinski definition) is 4. The first kappa shape index (κ1) is 59.0. The van der Waals surface area contributed by atoms with Crippen molar-refractivity contribution in [1.82, 2.24) is 19.7 Å². The summed E-state index contributed by atoms with van der Waals surface area (Å²) in [5, 5.41) is 31.6. The Balaban J connectivity index is 0.00000481. The van der Waals surface area contributed by atoms with Gasteiger partial charge in [0.05, 0.1) is 41.8 Å². The maximum absolute atomic E-state index is 13.7. The SMILES string of the molecule is Cc1cc(C)c(Nc2nc(Nc3c(C)cc(C)cc3C)c(C(N)=O)c(C)c2N=Nc2c(C#N)c(C(C)(C)C)nn2-c2nc3ccc(S(=O)(=O)Nc4cc(S(=O)(=O)[O-])ccc4S(=O)(=O)[O-])cc3s2)c(C)c1.[K+].[K+]. The Hall–Kier alpha value is -3.87. The van der Waals surface area contributed by atoms with Crippen molar-refractivity contribution in [3.8, 4) is 11.2 Å². The van der Waals surface area contributed by atoms with Crippen LogP contribution in [0.15, 0.2) is 85.6 Å². The number of nitrogens with one attached hydrogen (secondary N) is 3. The second kappa shape index (κ2) is 22.1. The summed E-state index contributed by atoms with van der Waals surface area (Å²) in [6, 6.07) is 15.4. The minimum atomic E-state index is -5.36. The van der Waals surface area contributed by atoms with E-state index in [1.165, 1.54) is 16.8 Å². The Morgan fingerprint density at radius 2 is 1.29 bits per heavy atom. The van der Waals surface area contributed by atoms with E-state index in [2.05, 4.69) is 31.9 Å². The standard InChI is InChI=1S/C46H47N11O9S4.2K/c1-22-15-24(3)37(25(4)16-22)50-42-36(41(48)58)28(7)39(43(52-42)51-38-26(5)17-23(2)18-27(38)6)53-54-44-31(21-47)40(46(8,9)10)55-57(44)45-49-32-13-11-29(20-34(32)67-45)68(59,60)56-33-19-30(69(61,62)63)12-14-35(33)70(64,65)66;;/h11-20,56H,1-10H3,(H2,48,58)(H2,50,51,52)(H,61,62,63)(H,64,65,66);;/q;2*+1/p-2. The van der Waals surface area contributed by atoms with E-state index in [1.54, 1.807) is 6.92 Å². The van der Waals surface area contributed by atoms with Gasteiger partial charge >= 0.3 is 103 Å². The number of nitrogens with zero attached hydrogens (tertiary/aromatic N) is 7. The summed E-state index contributed by atoms with van der Waals surface area (Å²) in [6.07, 6.45) is 0. The van der Waals surface area contributed by atoms with Gasteiger partial charge in [-0.05, 0) is 113 Å². The van der Waals surface area contributed by atoms with Crippen LogP contribution in [0.2, 0.25) is 0 Å². The zero-order chi connectivity index (χ0) is 51.6. The molecular formula is C46H45K2N11O9S4. The molecule has 5 N–H and O–H groups in total. The van der Waals surface area contributed by atoms with Crippen LogP contribution in [-0.2, 0) is 35.7 Å². The number of aryl methyl sites for hydroxylation is 6. The van der Waals surface area contributed by atoms with Crippen molar-refractivity contribution < 1.29 is 142 Å². The van der Waals surface area contributed by atoms with E-state index in [-0.39, 0.29) is 152 Å². The van der Waals surface area contributed by atoms with Crippen LogP contribution in [0.3, 0.4) is 0 Å². The molecule has 0 spiro atoms. The number of rotatable bonds is 13. The molecule has 7 aromatic rings. The quantitative estimate of drug-likeness (QED) is 0.0733. The van der Waals surface area contributed by atoms with Crippen LogP contribution in [0.5, 0.6) is 0 Å². The van der Waals surface area contributed by atoms with E-state index in [9.17, 15) is 44.4 Å². The third-order valence-electron chi connectivity index (χ3n) is 11.0. The molecule has 26 heteroatoms. The summed E-state index contributed by atoms with van der Waals surface area (Å²) in [5.41, 5.74) is 12.5. The number of carbonyl (C=O) groups excluding carboxylic acids is 1. The van der Waals surface area contributed by atoms with Crippen molar-refractivity contribution in [3.05, 3.63) is 116 Å². The van der Waals surface area contributed by atoms with Crippen molar-refractivity contribution in [2.75, 3.05) is 15.4 Å². The molecular weight excluding hydrogens is 1060 g/mol. The Labute approximate surface area is 506 Å². The predicted octanol–water partition coefficient (Wildman–Crippen LogP) is 2.82. The van der Waals surface area contributed by atoms with Crippen LogP contribution in [0.4, 0.5) is 40.2 Å². The van der Waals surface area contributed by atoms with E-state index >= 15 is 0 Å². The average Bonchev–Trinajstić information content (AvgIpc) is 3.83. The molecule has 0 unspecified atom stereocenters. The molecule has 4 aromatic carbocycles. The number of amides is 1. The maximum Gasteiger partial charge on any atom is 1.00 e. The van der Waals surface area contributed by atoms with Gasteiger partial charge in [-0.3, -0.25) is 9.52 Å². The van der Waals surface area contributed by atoms with Crippen LogP contribution in [0.1, 0.15) is 81.3 Å². The van der Waals surface area contributed by atoms with Gasteiger partial charge < -0.3 is 25.5 Å². The smallest absolute Gasteiger partial charge is 0.744 e. The number of aromatic nitrogens is 4. The predicted molar refractivity (Wildman–Crippen MR) is 263 cm³/mol. The molecule has 0 fully saturated rings. The van der Waals surface area contributed by atoms with E-state index in [0.29, 0.717) is 29.5 Å². The number of anilines is 5. The van der Waals surface area contributed by atoms with Crippen LogP contribution in [0, 0.1) is 59.8 Å². The fraction of sp³-hybridized carbons (Fsp3) is 0.239. The van der Waals surface area contributed by atoms with E-state index in [4.69, 9.17) is 15.8 Å². The van der Waals surface area contributed by atoms with Crippen molar-refractivity contribution >= 4 is 97.9 Å². The Kier molecular flexibility index (Phi) is 18.2. The van der Waals surface area contributed by atoms with Crippen LogP contribution in [-0.4, -0.2) is 60.0 Å². The van der Waals surface area contributed by atoms with Gasteiger partial charge in [0.1, 0.15) is 43.4 Å². The minimum Gasteiger partial charge on any atom is -0.744 e. The number of azo groups is 1. The molecule has 1 amide bonds. The molecule has 0 saturated carbocycles. The largest absolute Gasteiger partial charge is 1.00 e. The number of hydrogen-bond acceptors (Lipinski definition) is 18.